The van der Waals surface area contributed by atoms with Crippen molar-refractivity contribution in [3.8, 4) is 0 Å². The highest BCUT2D eigenvalue weighted by atomic mass is 16.6. The summed E-state index contributed by atoms with van der Waals surface area (Å²) in [7, 11) is 0. The molecular weight excluding hydrogens is 292 g/mol. The summed E-state index contributed by atoms with van der Waals surface area (Å²) in [6.45, 7) is 4.14. The first kappa shape index (κ1) is 17.4. The summed E-state index contributed by atoms with van der Waals surface area (Å²) in [5.74, 6) is -2.33. The van der Waals surface area contributed by atoms with E-state index in [4.69, 9.17) is 0 Å². The van der Waals surface area contributed by atoms with Crippen LogP contribution in [0.5, 0.6) is 0 Å². The first-order valence-electron chi connectivity index (χ1n) is 6.67. The van der Waals surface area contributed by atoms with Crippen molar-refractivity contribution in [2.75, 3.05) is 0 Å². The Labute approximate surface area is 126 Å². The number of nitro benzene ring substituents is 2. The first-order valence-corrected chi connectivity index (χ1v) is 6.67. The van der Waals surface area contributed by atoms with Gasteiger partial charge in [-0.1, -0.05) is 13.3 Å². The average molecular weight is 308 g/mol. The van der Waals surface area contributed by atoms with Crippen LogP contribution in [0.15, 0.2) is 12.1 Å². The molecule has 8 nitrogen and oxygen atoms in total. The molecule has 1 rings (SSSR count). The van der Waals surface area contributed by atoms with Crippen LogP contribution in [0.4, 0.5) is 11.4 Å². The zero-order chi connectivity index (χ0) is 17.0. The molecular formula is C14H16N2O6. The first-order chi connectivity index (χ1) is 10.2. The van der Waals surface area contributed by atoms with Crippen molar-refractivity contribution in [1.29, 1.82) is 0 Å². The molecule has 0 amide bonds. The number of carbonyl (C=O) groups excluding carboxylic acids is 2. The maximum absolute atomic E-state index is 11.8. The Hall–Kier alpha value is -2.64. The Morgan fingerprint density at radius 1 is 1.09 bits per heavy atom. The molecule has 0 aliphatic heterocycles. The highest BCUT2D eigenvalue weighted by molar-refractivity contribution is 6.06. The lowest BCUT2D eigenvalue weighted by atomic mass is 9.85. The summed E-state index contributed by atoms with van der Waals surface area (Å²) < 4.78 is 0. The van der Waals surface area contributed by atoms with Gasteiger partial charge in [-0.3, -0.25) is 29.8 Å². The highest BCUT2D eigenvalue weighted by Crippen LogP contribution is 2.36. The molecule has 22 heavy (non-hydrogen) atoms. The zero-order valence-corrected chi connectivity index (χ0v) is 12.5. The van der Waals surface area contributed by atoms with E-state index in [0.29, 0.717) is 18.4 Å². The number of hydrogen-bond acceptors (Lipinski definition) is 6. The number of aryl methyl sites for hydroxylation is 1. The molecule has 0 N–H and O–H groups in total. The predicted octanol–water partition coefficient (Wildman–Crippen LogP) is 2.72. The lowest BCUT2D eigenvalue weighted by Gasteiger charge is -2.15. The van der Waals surface area contributed by atoms with Crippen LogP contribution in [0.3, 0.4) is 0 Å². The lowest BCUT2D eigenvalue weighted by Crippen LogP contribution is -2.20. The molecule has 0 spiro atoms. The Morgan fingerprint density at radius 2 is 1.64 bits per heavy atom. The fourth-order valence-electron chi connectivity index (χ4n) is 2.44. The summed E-state index contributed by atoms with van der Waals surface area (Å²) in [4.78, 5) is 44.2. The second kappa shape index (κ2) is 6.88. The van der Waals surface area contributed by atoms with E-state index >= 15 is 0 Å². The molecule has 0 radical (unpaired) electrons. The zero-order valence-electron chi connectivity index (χ0n) is 12.5. The van der Waals surface area contributed by atoms with Crippen LogP contribution in [0.2, 0.25) is 0 Å². The lowest BCUT2D eigenvalue weighted by molar-refractivity contribution is -0.394. The topological polar surface area (TPSA) is 120 Å². The maximum atomic E-state index is 11.8. The minimum absolute atomic E-state index is 0.0301. The second-order valence-electron chi connectivity index (χ2n) is 4.96. The van der Waals surface area contributed by atoms with Crippen LogP contribution in [-0.2, 0) is 16.0 Å². The monoisotopic (exact) mass is 308 g/mol. The predicted molar refractivity (Wildman–Crippen MR) is 77.8 cm³/mol. The van der Waals surface area contributed by atoms with Crippen molar-refractivity contribution in [3.05, 3.63) is 43.5 Å². The number of benzene rings is 1. The molecule has 0 aliphatic rings. The van der Waals surface area contributed by atoms with Gasteiger partial charge in [0.2, 0.25) is 0 Å². The third-order valence-electron chi connectivity index (χ3n) is 3.26. The molecule has 0 saturated carbocycles. The molecule has 0 unspecified atom stereocenters. The average Bonchev–Trinajstić information content (AvgIpc) is 2.39. The van der Waals surface area contributed by atoms with Gasteiger partial charge in [-0.25, -0.2) is 0 Å². The van der Waals surface area contributed by atoms with E-state index in [9.17, 15) is 29.8 Å². The molecule has 1 aromatic rings. The SMILES string of the molecule is CCCc1cc([N+](=O)[O-])cc([N+](=O)[O-])c1C(C(C)=O)C(C)=O. The molecule has 8 heteroatoms. The fourth-order valence-corrected chi connectivity index (χ4v) is 2.44. The van der Waals surface area contributed by atoms with Gasteiger partial charge in [-0.05, 0) is 25.8 Å². The van der Waals surface area contributed by atoms with Gasteiger partial charge in [0.25, 0.3) is 11.4 Å². The standard InChI is InChI=1S/C14H16N2O6/c1-4-5-10-6-11(15(19)20)7-12(16(21)22)14(10)13(8(2)17)9(3)18/h6-7,13H,4-5H2,1-3H3. The third kappa shape index (κ3) is 3.51. The Morgan fingerprint density at radius 3 is 2.00 bits per heavy atom. The molecule has 0 saturated heterocycles. The molecule has 1 aromatic carbocycles. The van der Waals surface area contributed by atoms with E-state index in [1.54, 1.807) is 6.92 Å². The van der Waals surface area contributed by atoms with Gasteiger partial charge in [0.05, 0.1) is 21.5 Å². The van der Waals surface area contributed by atoms with Gasteiger partial charge in [-0.2, -0.15) is 0 Å². The second-order valence-corrected chi connectivity index (χ2v) is 4.96. The van der Waals surface area contributed by atoms with Gasteiger partial charge in [0, 0.05) is 6.07 Å². The van der Waals surface area contributed by atoms with E-state index in [0.717, 1.165) is 6.07 Å². The molecule has 118 valence electrons. The minimum atomic E-state index is -1.28. The van der Waals surface area contributed by atoms with Gasteiger partial charge in [0.15, 0.2) is 0 Å². The van der Waals surface area contributed by atoms with Gasteiger partial charge >= 0.3 is 0 Å². The quantitative estimate of drug-likeness (QED) is 0.433. The molecule has 0 fully saturated rings. The molecule has 0 heterocycles. The summed E-state index contributed by atoms with van der Waals surface area (Å²) >= 11 is 0. The van der Waals surface area contributed by atoms with Crippen LogP contribution >= 0.6 is 0 Å². The van der Waals surface area contributed by atoms with E-state index in [2.05, 4.69) is 0 Å². The number of nitrogens with zero attached hydrogens (tertiary/aromatic N) is 2. The number of non-ortho nitro benzene ring substituents is 1. The fraction of sp³-hybridized carbons (Fsp3) is 0.429. The van der Waals surface area contributed by atoms with Gasteiger partial charge in [0.1, 0.15) is 17.5 Å². The van der Waals surface area contributed by atoms with Crippen molar-refractivity contribution < 1.29 is 19.4 Å². The normalized spacial score (nSPS) is 10.5. The van der Waals surface area contributed by atoms with Crippen LogP contribution in [0, 0.1) is 20.2 Å². The highest BCUT2D eigenvalue weighted by Gasteiger charge is 2.34. The number of hydrogen-bond donors (Lipinski definition) is 0. The van der Waals surface area contributed by atoms with Crippen molar-refractivity contribution in [3.63, 3.8) is 0 Å². The van der Waals surface area contributed by atoms with Crippen molar-refractivity contribution >= 4 is 22.9 Å². The third-order valence-corrected chi connectivity index (χ3v) is 3.26. The van der Waals surface area contributed by atoms with Crippen molar-refractivity contribution in [2.24, 2.45) is 0 Å². The van der Waals surface area contributed by atoms with Crippen LogP contribution in [0.25, 0.3) is 0 Å². The summed E-state index contributed by atoms with van der Waals surface area (Å²) in [6.07, 6.45) is 0.864. The summed E-state index contributed by atoms with van der Waals surface area (Å²) in [6, 6.07) is 2.00. The largest absolute Gasteiger partial charge is 0.299 e. The number of carbonyl (C=O) groups is 2. The van der Waals surface area contributed by atoms with E-state index in [1.165, 1.54) is 19.9 Å². The Balaban J connectivity index is 3.77. The number of Topliss-reactive ketones (excluding diaryl/α,β-unsaturated/α-hetero) is 2. The summed E-state index contributed by atoms with van der Waals surface area (Å²) in [5, 5.41) is 22.2. The van der Waals surface area contributed by atoms with E-state index in [-0.39, 0.29) is 5.56 Å². The maximum Gasteiger partial charge on any atom is 0.280 e. The van der Waals surface area contributed by atoms with E-state index in [1.807, 2.05) is 0 Å². The molecule has 0 aliphatic carbocycles. The minimum Gasteiger partial charge on any atom is -0.299 e. The summed E-state index contributed by atoms with van der Waals surface area (Å²) in [5.41, 5.74) is -0.728. The van der Waals surface area contributed by atoms with Crippen LogP contribution < -0.4 is 0 Å². The molecule has 0 atom stereocenters. The van der Waals surface area contributed by atoms with Gasteiger partial charge in [-0.15, -0.1) is 0 Å². The number of nitro groups is 2. The van der Waals surface area contributed by atoms with E-state index < -0.39 is 38.7 Å². The molecule has 0 aromatic heterocycles. The van der Waals surface area contributed by atoms with Crippen LogP contribution in [0.1, 0.15) is 44.2 Å². The Bertz CT molecular complexity index is 639. The number of ketones is 2. The number of rotatable bonds is 7. The molecule has 0 bridgehead atoms. The van der Waals surface area contributed by atoms with Crippen molar-refractivity contribution in [2.45, 2.75) is 39.5 Å². The van der Waals surface area contributed by atoms with Crippen LogP contribution in [-0.4, -0.2) is 21.4 Å². The smallest absolute Gasteiger partial charge is 0.280 e. The van der Waals surface area contributed by atoms with Gasteiger partial charge < -0.3 is 0 Å². The Kier molecular flexibility index (Phi) is 5.44. The van der Waals surface area contributed by atoms with Crippen molar-refractivity contribution in [1.82, 2.24) is 0 Å².